The molecule has 1 aliphatic carbocycles. The lowest BCUT2D eigenvalue weighted by Gasteiger charge is -2.09. The van der Waals surface area contributed by atoms with Gasteiger partial charge in [0.15, 0.2) is 5.11 Å². The zero-order valence-corrected chi connectivity index (χ0v) is 14.6. The molecular formula is C21H19N3S. The van der Waals surface area contributed by atoms with Gasteiger partial charge in [0.1, 0.15) is 0 Å². The topological polar surface area (TPSA) is 50.1 Å². The second kappa shape index (κ2) is 6.57. The lowest BCUT2D eigenvalue weighted by molar-refractivity contribution is 1.15. The van der Waals surface area contributed by atoms with Crippen LogP contribution in [0.4, 0.5) is 11.4 Å². The zero-order chi connectivity index (χ0) is 17.2. The van der Waals surface area contributed by atoms with Gasteiger partial charge in [-0.25, -0.2) is 0 Å². The molecule has 0 saturated heterocycles. The fourth-order valence-electron chi connectivity index (χ4n) is 3.32. The summed E-state index contributed by atoms with van der Waals surface area (Å²) >= 11 is 4.92. The van der Waals surface area contributed by atoms with Gasteiger partial charge in [-0.05, 0) is 70.7 Å². The monoisotopic (exact) mass is 345 g/mol. The molecule has 3 aromatic rings. The largest absolute Gasteiger partial charge is 0.381 e. The van der Waals surface area contributed by atoms with E-state index in [9.17, 15) is 0 Å². The third-order valence-corrected chi connectivity index (χ3v) is 4.60. The number of benzene rings is 3. The molecule has 124 valence electrons. The Bertz CT molecular complexity index is 935. The summed E-state index contributed by atoms with van der Waals surface area (Å²) in [5.74, 6) is 0. The third-order valence-electron chi connectivity index (χ3n) is 4.49. The van der Waals surface area contributed by atoms with Crippen LogP contribution >= 0.6 is 12.2 Å². The van der Waals surface area contributed by atoms with Gasteiger partial charge in [0, 0.05) is 17.9 Å². The highest BCUT2D eigenvalue weighted by Gasteiger charge is 2.19. The number of hydrogen-bond acceptors (Lipinski definition) is 2. The van der Waals surface area contributed by atoms with Crippen molar-refractivity contribution in [3.63, 3.8) is 0 Å². The molecule has 0 aliphatic heterocycles. The van der Waals surface area contributed by atoms with Crippen molar-refractivity contribution in [2.45, 2.75) is 13.0 Å². The molecule has 0 spiro atoms. The van der Waals surface area contributed by atoms with Gasteiger partial charge in [0.2, 0.25) is 0 Å². The van der Waals surface area contributed by atoms with Crippen LogP contribution in [-0.4, -0.2) is 5.11 Å². The number of anilines is 2. The van der Waals surface area contributed by atoms with E-state index in [2.05, 4.69) is 65.2 Å². The number of fused-ring (bicyclic) bond motifs is 3. The quantitative estimate of drug-likeness (QED) is 0.476. The van der Waals surface area contributed by atoms with E-state index in [-0.39, 0.29) is 0 Å². The summed E-state index contributed by atoms with van der Waals surface area (Å²) in [5.41, 5.74) is 14.2. The molecule has 1 aliphatic rings. The van der Waals surface area contributed by atoms with Crippen LogP contribution in [0.5, 0.6) is 0 Å². The molecule has 0 aromatic heterocycles. The van der Waals surface area contributed by atoms with Crippen molar-refractivity contribution in [3.8, 4) is 11.1 Å². The Morgan fingerprint density at radius 1 is 0.880 bits per heavy atom. The Morgan fingerprint density at radius 3 is 2.48 bits per heavy atom. The molecule has 0 atom stereocenters. The molecule has 0 radical (unpaired) electrons. The Balaban J connectivity index is 1.56. The molecule has 3 aromatic carbocycles. The van der Waals surface area contributed by atoms with Crippen molar-refractivity contribution in [1.29, 1.82) is 0 Å². The minimum Gasteiger partial charge on any atom is -0.381 e. The van der Waals surface area contributed by atoms with Crippen LogP contribution in [0.25, 0.3) is 11.1 Å². The summed E-state index contributed by atoms with van der Waals surface area (Å²) in [4.78, 5) is 0. The maximum atomic E-state index is 5.57. The van der Waals surface area contributed by atoms with Crippen LogP contribution in [0.15, 0.2) is 66.7 Å². The molecule has 3 nitrogen and oxygen atoms in total. The van der Waals surface area contributed by atoms with Gasteiger partial charge in [-0.3, -0.25) is 0 Å². The maximum absolute atomic E-state index is 5.57. The Hall–Kier alpha value is -2.85. The first-order chi connectivity index (χ1) is 12.2. The van der Waals surface area contributed by atoms with Gasteiger partial charge in [-0.1, -0.05) is 42.5 Å². The van der Waals surface area contributed by atoms with Crippen molar-refractivity contribution in [2.75, 3.05) is 10.6 Å². The normalized spacial score (nSPS) is 11.5. The predicted octanol–water partition coefficient (Wildman–Crippen LogP) is 4.53. The van der Waals surface area contributed by atoms with E-state index in [0.717, 1.165) is 24.3 Å². The van der Waals surface area contributed by atoms with Gasteiger partial charge < -0.3 is 16.4 Å². The average molecular weight is 345 g/mol. The average Bonchev–Trinajstić information content (AvgIpc) is 2.97. The summed E-state index contributed by atoms with van der Waals surface area (Å²) in [5, 5.41) is 6.82. The fourth-order valence-corrected chi connectivity index (χ4v) is 3.44. The number of rotatable bonds is 4. The van der Waals surface area contributed by atoms with Crippen LogP contribution in [0.1, 0.15) is 16.7 Å². The van der Waals surface area contributed by atoms with E-state index in [1.165, 1.54) is 27.8 Å². The minimum absolute atomic E-state index is 0.294. The molecule has 25 heavy (non-hydrogen) atoms. The number of thiocarbonyl (C=S) groups is 1. The van der Waals surface area contributed by atoms with E-state index in [4.69, 9.17) is 18.0 Å². The van der Waals surface area contributed by atoms with Crippen molar-refractivity contribution in [1.82, 2.24) is 0 Å². The van der Waals surface area contributed by atoms with Crippen LogP contribution in [0.2, 0.25) is 0 Å². The summed E-state index contributed by atoms with van der Waals surface area (Å²) in [6.07, 6.45) is 0.941. The Labute approximate surface area is 152 Å². The minimum atomic E-state index is 0.294. The number of hydrogen-bond donors (Lipinski definition) is 3. The van der Waals surface area contributed by atoms with Gasteiger partial charge in [-0.15, -0.1) is 0 Å². The SMILES string of the molecule is NC(=S)Nc1ccc2c(c1)Cc1ccc(NCc3ccccc3)cc1-2. The second-order valence-electron chi connectivity index (χ2n) is 6.25. The van der Waals surface area contributed by atoms with Crippen LogP contribution < -0.4 is 16.4 Å². The van der Waals surface area contributed by atoms with Gasteiger partial charge in [-0.2, -0.15) is 0 Å². The second-order valence-corrected chi connectivity index (χ2v) is 6.69. The van der Waals surface area contributed by atoms with Crippen LogP contribution in [0.3, 0.4) is 0 Å². The highest BCUT2D eigenvalue weighted by atomic mass is 32.1. The Kier molecular flexibility index (Phi) is 4.12. The molecule has 0 heterocycles. The Morgan fingerprint density at radius 2 is 1.68 bits per heavy atom. The molecule has 0 fully saturated rings. The van der Waals surface area contributed by atoms with Gasteiger partial charge in [0.25, 0.3) is 0 Å². The number of nitrogens with two attached hydrogens (primary N) is 1. The third kappa shape index (κ3) is 3.35. The van der Waals surface area contributed by atoms with Gasteiger partial charge in [0.05, 0.1) is 0 Å². The first-order valence-electron chi connectivity index (χ1n) is 8.29. The first kappa shape index (κ1) is 15.7. The smallest absolute Gasteiger partial charge is 0.168 e. The zero-order valence-electron chi connectivity index (χ0n) is 13.8. The molecule has 4 heteroatoms. The van der Waals surface area contributed by atoms with Crippen LogP contribution in [-0.2, 0) is 13.0 Å². The van der Waals surface area contributed by atoms with E-state index in [0.29, 0.717) is 5.11 Å². The number of nitrogens with one attached hydrogen (secondary N) is 2. The van der Waals surface area contributed by atoms with E-state index in [1.807, 2.05) is 12.1 Å². The summed E-state index contributed by atoms with van der Waals surface area (Å²) in [6, 6.07) is 23.3. The van der Waals surface area contributed by atoms with Crippen molar-refractivity contribution in [3.05, 3.63) is 83.4 Å². The molecule has 4 N–H and O–H groups in total. The lowest BCUT2D eigenvalue weighted by Crippen LogP contribution is -2.18. The van der Waals surface area contributed by atoms with E-state index >= 15 is 0 Å². The highest BCUT2D eigenvalue weighted by molar-refractivity contribution is 7.80. The van der Waals surface area contributed by atoms with E-state index < -0.39 is 0 Å². The van der Waals surface area contributed by atoms with Crippen molar-refractivity contribution < 1.29 is 0 Å². The summed E-state index contributed by atoms with van der Waals surface area (Å²) in [6.45, 7) is 0.823. The molecule has 4 rings (SSSR count). The fraction of sp³-hybridized carbons (Fsp3) is 0.0952. The maximum Gasteiger partial charge on any atom is 0.168 e. The molecule has 0 amide bonds. The molecule has 0 unspecified atom stereocenters. The van der Waals surface area contributed by atoms with Crippen LogP contribution in [0, 0.1) is 0 Å². The summed E-state index contributed by atoms with van der Waals surface area (Å²) < 4.78 is 0. The molecule has 0 saturated carbocycles. The van der Waals surface area contributed by atoms with Crippen molar-refractivity contribution in [2.24, 2.45) is 5.73 Å². The highest BCUT2D eigenvalue weighted by Crippen LogP contribution is 2.39. The standard InChI is InChI=1S/C21H19N3S/c22-21(25)24-18-8-9-19-16(11-18)10-15-6-7-17(12-20(15)19)23-13-14-4-2-1-3-5-14/h1-9,11-12,23H,10,13H2,(H3,22,24,25). The first-order valence-corrected chi connectivity index (χ1v) is 8.70. The lowest BCUT2D eigenvalue weighted by atomic mass is 10.0. The van der Waals surface area contributed by atoms with E-state index in [1.54, 1.807) is 0 Å². The van der Waals surface area contributed by atoms with Crippen molar-refractivity contribution >= 4 is 28.7 Å². The summed E-state index contributed by atoms with van der Waals surface area (Å²) in [7, 11) is 0. The molecular weight excluding hydrogens is 326 g/mol. The van der Waals surface area contributed by atoms with Gasteiger partial charge >= 0.3 is 0 Å². The molecule has 0 bridgehead atoms. The predicted molar refractivity (Wildman–Crippen MR) is 109 cm³/mol.